The van der Waals surface area contributed by atoms with Crippen LogP contribution in [0.15, 0.2) is 77.3 Å². The first kappa shape index (κ1) is 24.5. The summed E-state index contributed by atoms with van der Waals surface area (Å²) in [6, 6.07) is 21.9. The fourth-order valence-electron chi connectivity index (χ4n) is 3.26. The summed E-state index contributed by atoms with van der Waals surface area (Å²) in [6.07, 6.45) is 4.57. The lowest BCUT2D eigenvalue weighted by atomic mass is 10.1. The number of unbranched alkanes of at least 4 members (excludes halogenated alkanes) is 3. The van der Waals surface area contributed by atoms with Gasteiger partial charge in [0.1, 0.15) is 5.75 Å². The van der Waals surface area contributed by atoms with Crippen LogP contribution in [0.5, 0.6) is 5.75 Å². The lowest BCUT2D eigenvalue weighted by molar-refractivity contribution is 0.0950. The molecule has 3 aromatic carbocycles. The Kier molecular flexibility index (Phi) is 9.51. The molecule has 0 bridgehead atoms. The maximum Gasteiger partial charge on any atom is 0.255 e. The summed E-state index contributed by atoms with van der Waals surface area (Å²) in [5, 5.41) is 5.76. The molecule has 2 N–H and O–H groups in total. The van der Waals surface area contributed by atoms with Crippen LogP contribution in [-0.4, -0.2) is 18.4 Å². The molecule has 0 aromatic heterocycles. The van der Waals surface area contributed by atoms with Crippen LogP contribution >= 0.6 is 15.9 Å². The van der Waals surface area contributed by atoms with Crippen LogP contribution in [-0.2, 0) is 6.54 Å². The van der Waals surface area contributed by atoms with E-state index < -0.39 is 0 Å². The molecular weight excluding hydrogens is 480 g/mol. The Hall–Kier alpha value is -3.12. The lowest BCUT2D eigenvalue weighted by Crippen LogP contribution is -2.22. The van der Waals surface area contributed by atoms with Crippen molar-refractivity contribution in [3.8, 4) is 5.75 Å². The maximum atomic E-state index is 12.6. The minimum absolute atomic E-state index is 0.161. The van der Waals surface area contributed by atoms with E-state index >= 15 is 0 Å². The molecule has 3 aromatic rings. The van der Waals surface area contributed by atoms with E-state index in [1.807, 2.05) is 30.3 Å². The highest BCUT2D eigenvalue weighted by Crippen LogP contribution is 2.27. The summed E-state index contributed by atoms with van der Waals surface area (Å²) in [4.78, 5) is 25.0. The number of benzene rings is 3. The fourth-order valence-corrected chi connectivity index (χ4v) is 3.75. The molecule has 0 heterocycles. The molecular formula is C27H29BrN2O3. The van der Waals surface area contributed by atoms with E-state index in [1.165, 1.54) is 12.8 Å². The van der Waals surface area contributed by atoms with Gasteiger partial charge in [-0.15, -0.1) is 0 Å². The van der Waals surface area contributed by atoms with Crippen molar-refractivity contribution in [1.82, 2.24) is 5.32 Å². The molecule has 0 saturated carbocycles. The highest BCUT2D eigenvalue weighted by atomic mass is 79.9. The quantitative estimate of drug-likeness (QED) is 0.287. The van der Waals surface area contributed by atoms with Crippen LogP contribution in [0.4, 0.5) is 5.69 Å². The molecule has 0 saturated heterocycles. The van der Waals surface area contributed by atoms with E-state index in [2.05, 4.69) is 33.5 Å². The molecule has 0 fully saturated rings. The molecule has 0 radical (unpaired) electrons. The van der Waals surface area contributed by atoms with E-state index in [4.69, 9.17) is 4.74 Å². The fraction of sp³-hybridized carbons (Fsp3) is 0.259. The molecule has 5 nitrogen and oxygen atoms in total. The Labute approximate surface area is 203 Å². The SMILES string of the molecule is CCCCCCOc1ccc(C(=O)Nc2ccc(C(=O)NCc3ccccc3)cc2)cc1Br. The number of halogens is 1. The number of anilines is 1. The minimum atomic E-state index is -0.230. The van der Waals surface area contributed by atoms with Crippen molar-refractivity contribution in [2.75, 3.05) is 11.9 Å². The number of carbonyl (C=O) groups is 2. The van der Waals surface area contributed by atoms with E-state index in [1.54, 1.807) is 42.5 Å². The smallest absolute Gasteiger partial charge is 0.255 e. The molecule has 3 rings (SSSR count). The topological polar surface area (TPSA) is 67.4 Å². The number of carbonyl (C=O) groups excluding carboxylic acids is 2. The summed E-state index contributed by atoms with van der Waals surface area (Å²) < 4.78 is 6.55. The van der Waals surface area contributed by atoms with Crippen molar-refractivity contribution in [3.63, 3.8) is 0 Å². The minimum Gasteiger partial charge on any atom is -0.492 e. The molecule has 6 heteroatoms. The standard InChI is InChI=1S/C27H29BrN2O3/c1-2-3-4-8-17-33-25-16-13-22(18-24(25)28)27(32)30-23-14-11-21(12-15-23)26(31)29-19-20-9-6-5-7-10-20/h5-7,9-16,18H,2-4,8,17,19H2,1H3,(H,29,31)(H,30,32). The largest absolute Gasteiger partial charge is 0.492 e. The lowest BCUT2D eigenvalue weighted by Gasteiger charge is -2.11. The predicted octanol–water partition coefficient (Wildman–Crippen LogP) is 6.59. The summed E-state index contributed by atoms with van der Waals surface area (Å²) >= 11 is 3.49. The van der Waals surface area contributed by atoms with Gasteiger partial charge >= 0.3 is 0 Å². The maximum absolute atomic E-state index is 12.6. The zero-order chi connectivity index (χ0) is 23.5. The normalized spacial score (nSPS) is 10.5. The Morgan fingerprint density at radius 2 is 1.58 bits per heavy atom. The highest BCUT2D eigenvalue weighted by Gasteiger charge is 2.11. The van der Waals surface area contributed by atoms with Crippen LogP contribution in [0.2, 0.25) is 0 Å². The molecule has 0 unspecified atom stereocenters. The molecule has 0 atom stereocenters. The molecule has 0 aliphatic heterocycles. The molecule has 0 spiro atoms. The summed E-state index contributed by atoms with van der Waals surface area (Å²) in [5.74, 6) is 0.339. The average molecular weight is 509 g/mol. The summed E-state index contributed by atoms with van der Waals surface area (Å²) in [5.41, 5.74) is 2.71. The summed E-state index contributed by atoms with van der Waals surface area (Å²) in [6.45, 7) is 3.31. The van der Waals surface area contributed by atoms with Gasteiger partial charge in [0.25, 0.3) is 11.8 Å². The second kappa shape index (κ2) is 12.8. The molecule has 172 valence electrons. The third kappa shape index (κ3) is 7.75. The van der Waals surface area contributed by atoms with Gasteiger partial charge in [-0.1, -0.05) is 56.5 Å². The van der Waals surface area contributed by atoms with Crippen molar-refractivity contribution in [1.29, 1.82) is 0 Å². The number of amides is 2. The first-order valence-corrected chi connectivity index (χ1v) is 12.0. The van der Waals surface area contributed by atoms with Gasteiger partial charge in [-0.2, -0.15) is 0 Å². The van der Waals surface area contributed by atoms with Crippen molar-refractivity contribution in [2.24, 2.45) is 0 Å². The van der Waals surface area contributed by atoms with Gasteiger partial charge in [0.05, 0.1) is 11.1 Å². The Morgan fingerprint density at radius 1 is 0.848 bits per heavy atom. The van der Waals surface area contributed by atoms with Gasteiger partial charge in [-0.3, -0.25) is 9.59 Å². The molecule has 2 amide bonds. The second-order valence-corrected chi connectivity index (χ2v) is 8.61. The first-order valence-electron chi connectivity index (χ1n) is 11.2. The molecule has 0 aliphatic carbocycles. The van der Waals surface area contributed by atoms with E-state index in [0.717, 1.165) is 28.6 Å². The Balaban J connectivity index is 1.51. The highest BCUT2D eigenvalue weighted by molar-refractivity contribution is 9.10. The van der Waals surface area contributed by atoms with E-state index in [0.29, 0.717) is 30.0 Å². The van der Waals surface area contributed by atoms with Gasteiger partial charge in [0.2, 0.25) is 0 Å². The zero-order valence-corrected chi connectivity index (χ0v) is 20.4. The third-order valence-electron chi connectivity index (χ3n) is 5.15. The first-order chi connectivity index (χ1) is 16.1. The van der Waals surface area contributed by atoms with Gasteiger partial charge < -0.3 is 15.4 Å². The van der Waals surface area contributed by atoms with Gasteiger partial charge in [-0.05, 0) is 70.4 Å². The number of nitrogens with one attached hydrogen (secondary N) is 2. The second-order valence-electron chi connectivity index (χ2n) is 7.75. The zero-order valence-electron chi connectivity index (χ0n) is 18.8. The third-order valence-corrected chi connectivity index (χ3v) is 5.77. The van der Waals surface area contributed by atoms with Gasteiger partial charge in [0, 0.05) is 23.4 Å². The molecule has 0 aliphatic rings. The predicted molar refractivity (Wildman–Crippen MR) is 136 cm³/mol. The number of ether oxygens (including phenoxy) is 1. The van der Waals surface area contributed by atoms with Crippen LogP contribution in [0.1, 0.15) is 58.9 Å². The van der Waals surface area contributed by atoms with E-state index in [-0.39, 0.29) is 11.8 Å². The van der Waals surface area contributed by atoms with Crippen LogP contribution in [0.3, 0.4) is 0 Å². The average Bonchev–Trinajstić information content (AvgIpc) is 2.84. The Morgan fingerprint density at radius 3 is 2.27 bits per heavy atom. The van der Waals surface area contributed by atoms with Crippen molar-refractivity contribution in [2.45, 2.75) is 39.2 Å². The summed E-state index contributed by atoms with van der Waals surface area (Å²) in [7, 11) is 0. The van der Waals surface area contributed by atoms with Crippen LogP contribution < -0.4 is 15.4 Å². The van der Waals surface area contributed by atoms with Crippen molar-refractivity contribution < 1.29 is 14.3 Å². The number of hydrogen-bond donors (Lipinski definition) is 2. The van der Waals surface area contributed by atoms with E-state index in [9.17, 15) is 9.59 Å². The van der Waals surface area contributed by atoms with Gasteiger partial charge in [0.15, 0.2) is 0 Å². The van der Waals surface area contributed by atoms with Crippen LogP contribution in [0, 0.1) is 0 Å². The Bertz CT molecular complexity index is 1050. The molecule has 33 heavy (non-hydrogen) atoms. The van der Waals surface area contributed by atoms with Crippen LogP contribution in [0.25, 0.3) is 0 Å². The van der Waals surface area contributed by atoms with Crippen molar-refractivity contribution >= 4 is 33.4 Å². The number of hydrogen-bond acceptors (Lipinski definition) is 3. The van der Waals surface area contributed by atoms with Crippen molar-refractivity contribution in [3.05, 3.63) is 94.0 Å². The number of rotatable bonds is 11. The van der Waals surface area contributed by atoms with Gasteiger partial charge in [-0.25, -0.2) is 0 Å². The monoisotopic (exact) mass is 508 g/mol.